The van der Waals surface area contributed by atoms with Gasteiger partial charge in [0.2, 0.25) is 0 Å². The van der Waals surface area contributed by atoms with E-state index in [1.807, 2.05) is 0 Å². The Balaban J connectivity index is 1.60. The molecule has 1 heterocycles. The minimum atomic E-state index is 0.389. The summed E-state index contributed by atoms with van der Waals surface area (Å²) < 4.78 is 5.08. The number of unbranched alkanes of at least 4 members (excludes halogenated alkanes) is 9. The highest BCUT2D eigenvalue weighted by atomic mass is 17.2. The van der Waals surface area contributed by atoms with Gasteiger partial charge in [0, 0.05) is 0 Å². The molecular weight excluding hydrogens is 252 g/mol. The van der Waals surface area contributed by atoms with Crippen LogP contribution in [0.4, 0.5) is 0 Å². The first kappa shape index (κ1) is 17.9. The first-order valence-electron chi connectivity index (χ1n) is 8.63. The summed E-state index contributed by atoms with van der Waals surface area (Å²) >= 11 is 0. The molecule has 3 heteroatoms. The summed E-state index contributed by atoms with van der Waals surface area (Å²) in [5, 5.41) is 0. The van der Waals surface area contributed by atoms with Crippen molar-refractivity contribution in [2.24, 2.45) is 0 Å². The molecule has 20 heavy (non-hydrogen) atoms. The largest absolute Gasteiger partial charge is 0.373 e. The van der Waals surface area contributed by atoms with Gasteiger partial charge < -0.3 is 4.74 Å². The van der Waals surface area contributed by atoms with Crippen LogP contribution in [0.3, 0.4) is 0 Å². The lowest BCUT2D eigenvalue weighted by Gasteiger charge is -2.04. The van der Waals surface area contributed by atoms with Crippen molar-refractivity contribution < 1.29 is 14.5 Å². The third-order valence-corrected chi connectivity index (χ3v) is 3.65. The molecule has 0 aromatic rings. The minimum Gasteiger partial charge on any atom is -0.373 e. The molecule has 1 rings (SSSR count). The second-order valence-corrected chi connectivity index (χ2v) is 5.72. The van der Waals surface area contributed by atoms with Gasteiger partial charge in [-0.25, -0.2) is 9.78 Å². The Morgan fingerprint density at radius 2 is 1.40 bits per heavy atom. The molecule has 1 radical (unpaired) electrons. The summed E-state index contributed by atoms with van der Waals surface area (Å²) in [6.07, 6.45) is 17.0. The van der Waals surface area contributed by atoms with Crippen molar-refractivity contribution in [3.63, 3.8) is 0 Å². The summed E-state index contributed by atoms with van der Waals surface area (Å²) in [5.74, 6) is 0. The van der Waals surface area contributed by atoms with Crippen LogP contribution in [0.1, 0.15) is 77.6 Å². The van der Waals surface area contributed by atoms with E-state index in [2.05, 4.69) is 13.3 Å². The van der Waals surface area contributed by atoms with Crippen LogP contribution in [0.15, 0.2) is 0 Å². The normalized spacial score (nSPS) is 17.6. The van der Waals surface area contributed by atoms with Gasteiger partial charge in [-0.3, -0.25) is 0 Å². The van der Waals surface area contributed by atoms with E-state index in [-0.39, 0.29) is 0 Å². The molecule has 1 unspecified atom stereocenters. The second kappa shape index (κ2) is 13.8. The highest BCUT2D eigenvalue weighted by Crippen LogP contribution is 2.14. The van der Waals surface area contributed by atoms with Gasteiger partial charge in [0.15, 0.2) is 0 Å². The number of epoxide rings is 1. The fourth-order valence-corrected chi connectivity index (χ4v) is 2.26. The lowest BCUT2D eigenvalue weighted by molar-refractivity contribution is -0.294. The zero-order valence-electron chi connectivity index (χ0n) is 13.3. The van der Waals surface area contributed by atoms with E-state index in [1.165, 1.54) is 57.8 Å². The Kier molecular flexibility index (Phi) is 12.4. The van der Waals surface area contributed by atoms with Gasteiger partial charge in [0.05, 0.1) is 25.9 Å². The number of ether oxygens (including phenoxy) is 1. The quantitative estimate of drug-likeness (QED) is 0.176. The average Bonchev–Trinajstić information content (AvgIpc) is 3.27. The SMILES string of the molecule is CCCCCCCCCCCCOOCC[CH]C1CO1. The maximum absolute atomic E-state index is 5.15. The molecule has 0 N–H and O–H groups in total. The number of hydrogen-bond acceptors (Lipinski definition) is 3. The predicted molar refractivity (Wildman–Crippen MR) is 82.4 cm³/mol. The summed E-state index contributed by atoms with van der Waals surface area (Å²) in [7, 11) is 0. The maximum atomic E-state index is 5.15. The van der Waals surface area contributed by atoms with Gasteiger partial charge in [-0.15, -0.1) is 0 Å². The fourth-order valence-electron chi connectivity index (χ4n) is 2.26. The van der Waals surface area contributed by atoms with Gasteiger partial charge in [-0.2, -0.15) is 0 Å². The van der Waals surface area contributed by atoms with Gasteiger partial charge in [0.1, 0.15) is 0 Å². The summed E-state index contributed by atoms with van der Waals surface area (Å²) in [4.78, 5) is 10.3. The van der Waals surface area contributed by atoms with E-state index in [0.717, 1.165) is 26.1 Å². The molecule has 0 amide bonds. The monoisotopic (exact) mass is 285 g/mol. The van der Waals surface area contributed by atoms with E-state index in [0.29, 0.717) is 12.7 Å². The molecule has 3 nitrogen and oxygen atoms in total. The lowest BCUT2D eigenvalue weighted by Crippen LogP contribution is -2.00. The molecule has 1 aliphatic heterocycles. The average molecular weight is 285 g/mol. The second-order valence-electron chi connectivity index (χ2n) is 5.72. The Morgan fingerprint density at radius 1 is 0.850 bits per heavy atom. The van der Waals surface area contributed by atoms with Crippen molar-refractivity contribution in [2.45, 2.75) is 83.7 Å². The van der Waals surface area contributed by atoms with Crippen LogP contribution in [-0.2, 0) is 14.5 Å². The lowest BCUT2D eigenvalue weighted by atomic mass is 10.1. The van der Waals surface area contributed by atoms with Gasteiger partial charge in [-0.1, -0.05) is 64.7 Å². The Morgan fingerprint density at radius 3 is 2.00 bits per heavy atom. The summed E-state index contributed by atoms with van der Waals surface area (Å²) in [6.45, 7) is 4.54. The molecule has 0 spiro atoms. The Labute approximate surface area is 125 Å². The molecule has 1 aliphatic rings. The van der Waals surface area contributed by atoms with Gasteiger partial charge >= 0.3 is 0 Å². The van der Waals surface area contributed by atoms with E-state index in [4.69, 9.17) is 14.5 Å². The Hall–Kier alpha value is -0.120. The highest BCUT2D eigenvalue weighted by molar-refractivity contribution is 4.84. The van der Waals surface area contributed by atoms with Crippen LogP contribution >= 0.6 is 0 Å². The molecule has 0 saturated carbocycles. The van der Waals surface area contributed by atoms with E-state index < -0.39 is 0 Å². The van der Waals surface area contributed by atoms with Crippen molar-refractivity contribution in [2.75, 3.05) is 19.8 Å². The third-order valence-electron chi connectivity index (χ3n) is 3.65. The smallest absolute Gasteiger partial charge is 0.0842 e. The fraction of sp³-hybridized carbons (Fsp3) is 0.941. The molecule has 0 aromatic heterocycles. The van der Waals surface area contributed by atoms with Gasteiger partial charge in [0.25, 0.3) is 0 Å². The van der Waals surface area contributed by atoms with E-state index in [1.54, 1.807) is 0 Å². The minimum absolute atomic E-state index is 0.389. The maximum Gasteiger partial charge on any atom is 0.0842 e. The molecule has 119 valence electrons. The summed E-state index contributed by atoms with van der Waals surface area (Å²) in [5.41, 5.74) is 0. The molecule has 0 aromatic carbocycles. The standard InChI is InChI=1S/C17H33O3/c1-2-3-4-5-6-7-8-9-10-11-14-19-20-15-12-13-17-16-18-17/h13,17H,2-12,14-16H2,1H3. The van der Waals surface area contributed by atoms with Crippen LogP contribution in [0.5, 0.6) is 0 Å². The van der Waals surface area contributed by atoms with Crippen molar-refractivity contribution >= 4 is 0 Å². The van der Waals surface area contributed by atoms with Crippen LogP contribution in [0.25, 0.3) is 0 Å². The van der Waals surface area contributed by atoms with E-state index >= 15 is 0 Å². The van der Waals surface area contributed by atoms with Gasteiger partial charge in [-0.05, 0) is 19.3 Å². The molecular formula is C17H33O3. The molecule has 1 saturated heterocycles. The molecule has 1 fully saturated rings. The van der Waals surface area contributed by atoms with E-state index in [9.17, 15) is 0 Å². The number of rotatable bonds is 16. The Bertz CT molecular complexity index is 193. The highest BCUT2D eigenvalue weighted by Gasteiger charge is 2.21. The van der Waals surface area contributed by atoms with Crippen molar-refractivity contribution in [1.29, 1.82) is 0 Å². The first-order valence-corrected chi connectivity index (χ1v) is 8.63. The summed E-state index contributed by atoms with van der Waals surface area (Å²) in [6, 6.07) is 0. The van der Waals surface area contributed by atoms with Crippen LogP contribution in [0.2, 0.25) is 0 Å². The van der Waals surface area contributed by atoms with Crippen LogP contribution < -0.4 is 0 Å². The van der Waals surface area contributed by atoms with Crippen molar-refractivity contribution in [3.8, 4) is 0 Å². The number of hydrogen-bond donors (Lipinski definition) is 0. The predicted octanol–water partition coefficient (Wildman–Crippen LogP) is 4.85. The van der Waals surface area contributed by atoms with Crippen molar-refractivity contribution in [1.82, 2.24) is 0 Å². The third kappa shape index (κ3) is 12.9. The van der Waals surface area contributed by atoms with Crippen LogP contribution in [0, 0.1) is 6.42 Å². The van der Waals surface area contributed by atoms with Crippen LogP contribution in [-0.4, -0.2) is 25.9 Å². The topological polar surface area (TPSA) is 31.0 Å². The molecule has 1 atom stereocenters. The first-order chi connectivity index (χ1) is 9.93. The van der Waals surface area contributed by atoms with Crippen molar-refractivity contribution in [3.05, 3.63) is 6.42 Å². The zero-order valence-corrected chi connectivity index (χ0v) is 13.3. The molecule has 0 aliphatic carbocycles. The molecule has 0 bridgehead atoms. The zero-order chi connectivity index (χ0) is 14.3.